The average molecular weight is 240 g/mol. The van der Waals surface area contributed by atoms with Gasteiger partial charge in [0.2, 0.25) is 0 Å². The largest absolute Gasteiger partial charge is 0.393 e. The van der Waals surface area contributed by atoms with Gasteiger partial charge in [0.1, 0.15) is 0 Å². The molecule has 2 aliphatic rings. The lowest BCUT2D eigenvalue weighted by atomic mass is 9.76. The molecule has 1 saturated carbocycles. The van der Waals surface area contributed by atoms with Gasteiger partial charge in [-0.2, -0.15) is 0 Å². The lowest BCUT2D eigenvalue weighted by Gasteiger charge is -2.46. The molecular formula is C14H28N2O. The van der Waals surface area contributed by atoms with E-state index in [1.165, 1.54) is 45.2 Å². The van der Waals surface area contributed by atoms with Crippen molar-refractivity contribution in [1.29, 1.82) is 0 Å². The Balaban J connectivity index is 1.84. The van der Waals surface area contributed by atoms with Crippen LogP contribution in [0.2, 0.25) is 0 Å². The van der Waals surface area contributed by atoms with E-state index in [9.17, 15) is 5.11 Å². The maximum Gasteiger partial charge on any atom is 0.0595 e. The standard InChI is InChI=1S/C14H28N2O/c1-15(2)9-5-10-16-11-8-14(17)12-6-3-4-7-13(12)16/h12-14,17H,3-11H2,1-2H3/t12-,13+,14+/m1/s1. The molecule has 1 aliphatic heterocycles. The number of aliphatic hydroxyl groups excluding tert-OH is 1. The van der Waals surface area contributed by atoms with E-state index in [1.807, 2.05) is 0 Å². The zero-order chi connectivity index (χ0) is 12.3. The van der Waals surface area contributed by atoms with Crippen molar-refractivity contribution in [2.24, 2.45) is 5.92 Å². The SMILES string of the molecule is CN(C)CCCN1CC[C@H](O)[C@@H]2CCCC[C@@H]21. The molecule has 0 radical (unpaired) electrons. The van der Waals surface area contributed by atoms with Crippen LogP contribution in [0.1, 0.15) is 38.5 Å². The van der Waals surface area contributed by atoms with Crippen LogP contribution in [0.5, 0.6) is 0 Å². The summed E-state index contributed by atoms with van der Waals surface area (Å²) in [6.45, 7) is 3.50. The number of piperidine rings is 1. The maximum absolute atomic E-state index is 10.1. The van der Waals surface area contributed by atoms with Crippen LogP contribution in [-0.4, -0.2) is 60.8 Å². The molecule has 0 aromatic rings. The molecule has 0 amide bonds. The number of likely N-dealkylation sites (tertiary alicyclic amines) is 1. The summed E-state index contributed by atoms with van der Waals surface area (Å²) in [6.07, 6.45) is 7.46. The van der Waals surface area contributed by atoms with Crippen molar-refractivity contribution < 1.29 is 5.11 Å². The number of aliphatic hydroxyl groups is 1. The molecule has 1 heterocycles. The molecule has 3 atom stereocenters. The summed E-state index contributed by atoms with van der Waals surface area (Å²) in [5.74, 6) is 0.567. The van der Waals surface area contributed by atoms with Crippen molar-refractivity contribution in [3.8, 4) is 0 Å². The van der Waals surface area contributed by atoms with Crippen molar-refractivity contribution in [2.75, 3.05) is 33.7 Å². The molecule has 0 unspecified atom stereocenters. The van der Waals surface area contributed by atoms with E-state index in [2.05, 4.69) is 23.9 Å². The fraction of sp³-hybridized carbons (Fsp3) is 1.00. The third-order valence-corrected chi connectivity index (χ3v) is 4.51. The molecule has 3 nitrogen and oxygen atoms in total. The third kappa shape index (κ3) is 3.43. The molecule has 0 aromatic heterocycles. The van der Waals surface area contributed by atoms with Crippen LogP contribution in [0.25, 0.3) is 0 Å². The van der Waals surface area contributed by atoms with Crippen molar-refractivity contribution in [1.82, 2.24) is 9.80 Å². The maximum atomic E-state index is 10.1. The number of hydrogen-bond donors (Lipinski definition) is 1. The van der Waals surface area contributed by atoms with E-state index in [-0.39, 0.29) is 6.10 Å². The van der Waals surface area contributed by atoms with Gasteiger partial charge >= 0.3 is 0 Å². The monoisotopic (exact) mass is 240 g/mol. The molecule has 0 spiro atoms. The Morgan fingerprint density at radius 2 is 1.94 bits per heavy atom. The van der Waals surface area contributed by atoms with Gasteiger partial charge in [0, 0.05) is 18.5 Å². The van der Waals surface area contributed by atoms with Crippen molar-refractivity contribution in [3.63, 3.8) is 0 Å². The van der Waals surface area contributed by atoms with E-state index in [1.54, 1.807) is 0 Å². The van der Waals surface area contributed by atoms with Gasteiger partial charge in [-0.1, -0.05) is 12.8 Å². The first-order valence-corrected chi connectivity index (χ1v) is 7.25. The van der Waals surface area contributed by atoms with Gasteiger partial charge in [0.15, 0.2) is 0 Å². The van der Waals surface area contributed by atoms with E-state index >= 15 is 0 Å². The third-order valence-electron chi connectivity index (χ3n) is 4.51. The Hall–Kier alpha value is -0.120. The molecule has 2 fully saturated rings. The second-order valence-electron chi connectivity index (χ2n) is 6.06. The van der Waals surface area contributed by atoms with Gasteiger partial charge in [-0.25, -0.2) is 0 Å². The molecule has 17 heavy (non-hydrogen) atoms. The van der Waals surface area contributed by atoms with E-state index in [4.69, 9.17) is 0 Å². The fourth-order valence-electron chi connectivity index (χ4n) is 3.59. The summed E-state index contributed by atoms with van der Waals surface area (Å²) in [4.78, 5) is 4.91. The average Bonchev–Trinajstić information content (AvgIpc) is 2.32. The minimum atomic E-state index is -0.0228. The van der Waals surface area contributed by atoms with Crippen LogP contribution in [0.4, 0.5) is 0 Å². The Kier molecular flexibility index (Phi) is 4.83. The summed E-state index contributed by atoms with van der Waals surface area (Å²) < 4.78 is 0. The first-order valence-electron chi connectivity index (χ1n) is 7.25. The zero-order valence-corrected chi connectivity index (χ0v) is 11.4. The van der Waals surface area contributed by atoms with Crippen LogP contribution < -0.4 is 0 Å². The predicted molar refractivity (Wildman–Crippen MR) is 71.1 cm³/mol. The van der Waals surface area contributed by atoms with Crippen LogP contribution >= 0.6 is 0 Å². The van der Waals surface area contributed by atoms with E-state index in [0.717, 1.165) is 13.0 Å². The minimum absolute atomic E-state index is 0.0228. The lowest BCUT2D eigenvalue weighted by Crippen LogP contribution is -2.52. The highest BCUT2D eigenvalue weighted by atomic mass is 16.3. The summed E-state index contributed by atoms with van der Waals surface area (Å²) in [6, 6.07) is 0.676. The van der Waals surface area contributed by atoms with Crippen molar-refractivity contribution in [2.45, 2.75) is 50.7 Å². The van der Waals surface area contributed by atoms with Crippen LogP contribution in [0.15, 0.2) is 0 Å². The lowest BCUT2D eigenvalue weighted by molar-refractivity contribution is -0.0364. The number of fused-ring (bicyclic) bond motifs is 1. The Labute approximate surface area is 106 Å². The van der Waals surface area contributed by atoms with Gasteiger partial charge in [-0.3, -0.25) is 4.90 Å². The molecule has 3 heteroatoms. The van der Waals surface area contributed by atoms with Gasteiger partial charge < -0.3 is 10.0 Å². The van der Waals surface area contributed by atoms with Crippen LogP contribution in [0, 0.1) is 5.92 Å². The fourth-order valence-corrected chi connectivity index (χ4v) is 3.59. The Morgan fingerprint density at radius 3 is 2.71 bits per heavy atom. The highest BCUT2D eigenvalue weighted by Gasteiger charge is 2.37. The second kappa shape index (κ2) is 6.17. The smallest absolute Gasteiger partial charge is 0.0595 e. The highest BCUT2D eigenvalue weighted by molar-refractivity contribution is 4.91. The summed E-state index contributed by atoms with van der Waals surface area (Å²) in [5, 5.41) is 10.1. The van der Waals surface area contributed by atoms with Crippen LogP contribution in [0.3, 0.4) is 0 Å². The van der Waals surface area contributed by atoms with Gasteiger partial charge in [0.05, 0.1) is 6.10 Å². The summed E-state index contributed by atoms with van der Waals surface area (Å²) in [5.41, 5.74) is 0. The molecule has 2 rings (SSSR count). The summed E-state index contributed by atoms with van der Waals surface area (Å²) in [7, 11) is 4.28. The van der Waals surface area contributed by atoms with Crippen molar-refractivity contribution >= 4 is 0 Å². The topological polar surface area (TPSA) is 26.7 Å². The minimum Gasteiger partial charge on any atom is -0.393 e. The molecule has 0 bridgehead atoms. The number of hydrogen-bond acceptors (Lipinski definition) is 3. The summed E-state index contributed by atoms with van der Waals surface area (Å²) >= 11 is 0. The van der Waals surface area contributed by atoms with E-state index in [0.29, 0.717) is 12.0 Å². The second-order valence-corrected chi connectivity index (χ2v) is 6.06. The zero-order valence-electron chi connectivity index (χ0n) is 11.4. The highest BCUT2D eigenvalue weighted by Crippen LogP contribution is 2.35. The molecule has 1 N–H and O–H groups in total. The van der Waals surface area contributed by atoms with Gasteiger partial charge in [-0.05, 0) is 52.9 Å². The first kappa shape index (κ1) is 13.3. The molecular weight excluding hydrogens is 212 g/mol. The normalized spacial score (nSPS) is 34.9. The van der Waals surface area contributed by atoms with Gasteiger partial charge in [0.25, 0.3) is 0 Å². The van der Waals surface area contributed by atoms with Crippen LogP contribution in [-0.2, 0) is 0 Å². The number of rotatable bonds is 4. The number of nitrogens with zero attached hydrogens (tertiary/aromatic N) is 2. The van der Waals surface area contributed by atoms with Gasteiger partial charge in [-0.15, -0.1) is 0 Å². The molecule has 1 saturated heterocycles. The predicted octanol–water partition coefficient (Wildman–Crippen LogP) is 1.56. The Bertz CT molecular complexity index is 232. The Morgan fingerprint density at radius 1 is 1.18 bits per heavy atom. The quantitative estimate of drug-likeness (QED) is 0.808. The molecule has 1 aliphatic carbocycles. The van der Waals surface area contributed by atoms with E-state index < -0.39 is 0 Å². The van der Waals surface area contributed by atoms with Crippen molar-refractivity contribution in [3.05, 3.63) is 0 Å². The first-order chi connectivity index (χ1) is 8.18. The molecule has 100 valence electrons. The molecule has 0 aromatic carbocycles.